The first-order chi connectivity index (χ1) is 17.6. The van der Waals surface area contributed by atoms with Gasteiger partial charge in [0.25, 0.3) is 0 Å². The van der Waals surface area contributed by atoms with E-state index in [2.05, 4.69) is 21.9 Å². The van der Waals surface area contributed by atoms with Gasteiger partial charge in [-0.15, -0.1) is 0 Å². The molecule has 11 heteroatoms. The smallest absolute Gasteiger partial charge is 0.150 e. The lowest BCUT2D eigenvalue weighted by molar-refractivity contribution is -0.0383. The highest BCUT2D eigenvalue weighted by Crippen LogP contribution is 2.34. The third kappa shape index (κ3) is 5.54. The Morgan fingerprint density at radius 2 is 1.94 bits per heavy atom. The van der Waals surface area contributed by atoms with E-state index < -0.39 is 10.8 Å². The topological polar surface area (TPSA) is 118 Å². The Labute approximate surface area is 213 Å². The highest BCUT2D eigenvalue weighted by molar-refractivity contribution is 7.85. The second kappa shape index (κ2) is 11.6. The van der Waals surface area contributed by atoms with Gasteiger partial charge in [0.05, 0.1) is 38.2 Å². The molecule has 2 N–H and O–H groups in total. The molecule has 10 nitrogen and oxygen atoms in total. The minimum absolute atomic E-state index is 0.0643. The van der Waals surface area contributed by atoms with Gasteiger partial charge in [-0.25, -0.2) is 9.67 Å². The fraction of sp³-hybridized carbons (Fsp3) is 0.560. The van der Waals surface area contributed by atoms with Gasteiger partial charge in [-0.2, -0.15) is 5.10 Å². The first-order valence-electron chi connectivity index (χ1n) is 12.6. The van der Waals surface area contributed by atoms with Crippen LogP contribution in [0, 0.1) is 0 Å². The predicted octanol–water partition coefficient (Wildman–Crippen LogP) is 2.77. The molecule has 194 valence electrons. The van der Waals surface area contributed by atoms with E-state index in [1.807, 2.05) is 22.9 Å². The van der Waals surface area contributed by atoms with E-state index in [0.29, 0.717) is 32.1 Å². The molecule has 0 radical (unpaired) electrons. The molecule has 3 aliphatic rings. The maximum atomic E-state index is 10.5. The van der Waals surface area contributed by atoms with Crippen molar-refractivity contribution in [2.45, 2.75) is 38.5 Å². The van der Waals surface area contributed by atoms with Crippen LogP contribution >= 0.6 is 0 Å². The largest absolute Gasteiger partial charge is 0.398 e. The van der Waals surface area contributed by atoms with Crippen molar-refractivity contribution in [2.75, 3.05) is 61.7 Å². The average molecular weight is 515 g/mol. The molecule has 3 aromatic heterocycles. The van der Waals surface area contributed by atoms with Crippen LogP contribution < -0.4 is 10.6 Å². The van der Waals surface area contributed by atoms with E-state index in [0.717, 1.165) is 72.0 Å². The quantitative estimate of drug-likeness (QED) is 0.563. The van der Waals surface area contributed by atoms with Gasteiger partial charge < -0.3 is 24.8 Å². The van der Waals surface area contributed by atoms with Crippen LogP contribution in [0.4, 0.5) is 11.5 Å². The molecular formula is C25H34N6O4S. The Kier molecular flexibility index (Phi) is 8.10. The fourth-order valence-corrected chi connectivity index (χ4v) is 5.53. The summed E-state index contributed by atoms with van der Waals surface area (Å²) in [5, 5.41) is 5.44. The Hall–Kier alpha value is -2.60. The average Bonchev–Trinajstić information content (AvgIpc) is 3.40. The van der Waals surface area contributed by atoms with Crippen LogP contribution in [0.5, 0.6) is 0 Å². The third-order valence-electron chi connectivity index (χ3n) is 6.66. The van der Waals surface area contributed by atoms with Gasteiger partial charge in [0, 0.05) is 65.0 Å². The van der Waals surface area contributed by atoms with E-state index in [9.17, 15) is 4.21 Å². The van der Waals surface area contributed by atoms with E-state index in [4.69, 9.17) is 24.9 Å². The van der Waals surface area contributed by atoms with Gasteiger partial charge in [-0.1, -0.05) is 0 Å². The number of nitrogen functional groups attached to an aromatic ring is 1. The Bertz CT molecular complexity index is 1190. The third-order valence-corrected chi connectivity index (χ3v) is 7.90. The van der Waals surface area contributed by atoms with Crippen LogP contribution in [0.15, 0.2) is 30.6 Å². The van der Waals surface area contributed by atoms with Crippen LogP contribution in [0.25, 0.3) is 22.3 Å². The van der Waals surface area contributed by atoms with E-state index >= 15 is 0 Å². The van der Waals surface area contributed by atoms with Crippen LogP contribution in [0.1, 0.15) is 32.4 Å². The summed E-state index contributed by atoms with van der Waals surface area (Å²) in [6.07, 6.45) is 6.70. The minimum Gasteiger partial charge on any atom is -0.398 e. The summed E-state index contributed by atoms with van der Waals surface area (Å²) in [7, 11) is -0.565. The van der Waals surface area contributed by atoms with Crippen LogP contribution in [0.3, 0.4) is 0 Å². The summed E-state index contributed by atoms with van der Waals surface area (Å²) in [6.45, 7) is 6.45. The molecule has 0 saturated carbocycles. The second-order valence-electron chi connectivity index (χ2n) is 9.19. The number of fused-ring (bicyclic) bond motifs is 1. The molecule has 0 amide bonds. The van der Waals surface area contributed by atoms with Crippen molar-refractivity contribution in [1.29, 1.82) is 0 Å². The Morgan fingerprint density at radius 3 is 2.67 bits per heavy atom. The van der Waals surface area contributed by atoms with Gasteiger partial charge in [0.2, 0.25) is 0 Å². The summed E-state index contributed by atoms with van der Waals surface area (Å²) in [6, 6.07) is 6.09. The van der Waals surface area contributed by atoms with Crippen molar-refractivity contribution in [3.63, 3.8) is 0 Å². The standard InChI is InChI=1S/C21H26N6O2.C4H8O2S/c1-14-13-28-11-9-26(14)18-12-16(22)15-5-7-23-21(20(15)25-18)17-6-8-24-27(17)19-4-2-3-10-29-19;5-7-3-1-6-2-4-7/h5-8,12,14,19H,2-4,9-11,13H2,1H3,(H2,22,25);1-4H2. The van der Waals surface area contributed by atoms with Crippen LogP contribution in [0.2, 0.25) is 0 Å². The zero-order valence-electron chi connectivity index (χ0n) is 20.7. The van der Waals surface area contributed by atoms with Crippen molar-refractivity contribution in [1.82, 2.24) is 19.7 Å². The lowest BCUT2D eigenvalue weighted by Crippen LogP contribution is -2.44. The molecule has 2 atom stereocenters. The van der Waals surface area contributed by atoms with Crippen molar-refractivity contribution in [3.8, 4) is 11.4 Å². The molecule has 36 heavy (non-hydrogen) atoms. The van der Waals surface area contributed by atoms with E-state index in [1.54, 1.807) is 12.4 Å². The number of nitrogens with zero attached hydrogens (tertiary/aromatic N) is 5. The lowest BCUT2D eigenvalue weighted by atomic mass is 10.1. The molecule has 0 aliphatic carbocycles. The number of ether oxygens (including phenoxy) is 3. The molecule has 3 aromatic rings. The van der Waals surface area contributed by atoms with Crippen molar-refractivity contribution < 1.29 is 18.4 Å². The number of nitrogens with two attached hydrogens (primary N) is 1. The normalized spacial score (nSPS) is 23.3. The number of hydrogen-bond acceptors (Lipinski definition) is 9. The summed E-state index contributed by atoms with van der Waals surface area (Å²) in [4.78, 5) is 11.9. The monoisotopic (exact) mass is 514 g/mol. The molecule has 6 rings (SSSR count). The molecule has 6 heterocycles. The summed E-state index contributed by atoms with van der Waals surface area (Å²) >= 11 is 0. The van der Waals surface area contributed by atoms with Gasteiger partial charge in [-0.05, 0) is 38.3 Å². The zero-order valence-corrected chi connectivity index (χ0v) is 21.5. The number of hydrogen-bond donors (Lipinski definition) is 1. The fourth-order valence-electron chi connectivity index (χ4n) is 4.72. The molecule has 2 unspecified atom stereocenters. The summed E-state index contributed by atoms with van der Waals surface area (Å²) in [5.41, 5.74) is 9.62. The van der Waals surface area contributed by atoms with Gasteiger partial charge in [-0.3, -0.25) is 9.19 Å². The minimum atomic E-state index is -0.565. The summed E-state index contributed by atoms with van der Waals surface area (Å²) in [5.74, 6) is 2.33. The highest BCUT2D eigenvalue weighted by Gasteiger charge is 2.24. The van der Waals surface area contributed by atoms with Crippen molar-refractivity contribution >= 4 is 33.2 Å². The number of pyridine rings is 2. The van der Waals surface area contributed by atoms with Crippen LogP contribution in [-0.4, -0.2) is 81.1 Å². The van der Waals surface area contributed by atoms with E-state index in [-0.39, 0.29) is 12.3 Å². The molecule has 3 aliphatic heterocycles. The summed E-state index contributed by atoms with van der Waals surface area (Å²) < 4.78 is 28.9. The number of anilines is 2. The van der Waals surface area contributed by atoms with Gasteiger partial charge in [0.15, 0.2) is 6.23 Å². The van der Waals surface area contributed by atoms with Crippen LogP contribution in [-0.2, 0) is 25.0 Å². The molecule has 0 spiro atoms. The maximum absolute atomic E-state index is 10.5. The van der Waals surface area contributed by atoms with Crippen molar-refractivity contribution in [3.05, 3.63) is 30.6 Å². The van der Waals surface area contributed by atoms with E-state index in [1.165, 1.54) is 0 Å². The highest BCUT2D eigenvalue weighted by atomic mass is 32.2. The zero-order chi connectivity index (χ0) is 24.9. The lowest BCUT2D eigenvalue weighted by Gasteiger charge is -2.34. The SMILES string of the molecule is CC1COCCN1c1cc(N)c2ccnc(-c3ccnn3C3CCCCO3)c2n1.O=S1CCOCC1. The number of morpholine rings is 1. The number of rotatable bonds is 3. The Balaban J connectivity index is 0.000000330. The molecule has 0 bridgehead atoms. The maximum Gasteiger partial charge on any atom is 0.150 e. The van der Waals surface area contributed by atoms with Gasteiger partial charge in [0.1, 0.15) is 17.0 Å². The number of aromatic nitrogens is 4. The predicted molar refractivity (Wildman–Crippen MR) is 140 cm³/mol. The first-order valence-corrected chi connectivity index (χ1v) is 14.1. The molecule has 0 aromatic carbocycles. The molecule has 3 saturated heterocycles. The van der Waals surface area contributed by atoms with Crippen molar-refractivity contribution in [2.24, 2.45) is 0 Å². The Morgan fingerprint density at radius 1 is 1.08 bits per heavy atom. The second-order valence-corrected chi connectivity index (χ2v) is 10.9. The molecular weight excluding hydrogens is 480 g/mol. The first kappa shape index (κ1) is 25.1. The van der Waals surface area contributed by atoms with Gasteiger partial charge >= 0.3 is 0 Å². The molecule has 3 fully saturated rings.